The molecule has 0 radical (unpaired) electrons. The number of carbonyl (C=O) groups is 1. The zero-order valence-electron chi connectivity index (χ0n) is 11.9. The van der Waals surface area contributed by atoms with Crippen LogP contribution < -0.4 is 0 Å². The Labute approximate surface area is 111 Å². The van der Waals surface area contributed by atoms with Crippen molar-refractivity contribution in [1.82, 2.24) is 4.90 Å². The summed E-state index contributed by atoms with van der Waals surface area (Å²) in [6.07, 6.45) is 8.07. The lowest BCUT2D eigenvalue weighted by atomic mass is 9.83. The minimum Gasteiger partial charge on any atom is -0.379 e. The van der Waals surface area contributed by atoms with Gasteiger partial charge >= 0.3 is 0 Å². The number of carbonyl (C=O) groups excluding carboxylic acids is 1. The monoisotopic (exact) mass is 253 g/mol. The van der Waals surface area contributed by atoms with E-state index in [4.69, 9.17) is 4.74 Å². The van der Waals surface area contributed by atoms with Crippen LogP contribution in [-0.4, -0.2) is 42.0 Å². The Morgan fingerprint density at radius 1 is 1.22 bits per heavy atom. The molecule has 2 fully saturated rings. The van der Waals surface area contributed by atoms with Gasteiger partial charge in [-0.05, 0) is 46.1 Å². The Balaban J connectivity index is 1.70. The number of piperidine rings is 2. The normalized spacial score (nSPS) is 28.9. The first-order valence-electron chi connectivity index (χ1n) is 7.56. The summed E-state index contributed by atoms with van der Waals surface area (Å²) >= 11 is 0. The van der Waals surface area contributed by atoms with Crippen LogP contribution in [0.1, 0.15) is 58.8 Å². The van der Waals surface area contributed by atoms with E-state index in [0.717, 1.165) is 32.4 Å². The second-order valence-electron chi connectivity index (χ2n) is 6.05. The van der Waals surface area contributed by atoms with Crippen molar-refractivity contribution in [2.24, 2.45) is 0 Å². The zero-order chi connectivity index (χ0) is 13.0. The van der Waals surface area contributed by atoms with Gasteiger partial charge in [-0.15, -0.1) is 0 Å². The standard InChI is InChI=1S/C15H27NO2/c1-12(2)18-9-4-3-8-16-13-6-5-7-14(16)11-15(17)10-13/h12-14H,3-11H2,1-2H3. The van der Waals surface area contributed by atoms with Crippen molar-refractivity contribution in [2.45, 2.75) is 77.0 Å². The molecule has 2 heterocycles. The maximum atomic E-state index is 11.6. The van der Waals surface area contributed by atoms with Gasteiger partial charge in [0.05, 0.1) is 6.10 Å². The molecule has 0 aliphatic carbocycles. The van der Waals surface area contributed by atoms with E-state index in [2.05, 4.69) is 18.7 Å². The summed E-state index contributed by atoms with van der Waals surface area (Å²) < 4.78 is 5.57. The fourth-order valence-electron chi connectivity index (χ4n) is 3.35. The molecule has 2 aliphatic heterocycles. The Morgan fingerprint density at radius 2 is 1.89 bits per heavy atom. The summed E-state index contributed by atoms with van der Waals surface area (Å²) in [6, 6.07) is 1.10. The summed E-state index contributed by atoms with van der Waals surface area (Å²) in [4.78, 5) is 14.2. The number of hydrogen-bond donors (Lipinski definition) is 0. The fourth-order valence-corrected chi connectivity index (χ4v) is 3.35. The van der Waals surface area contributed by atoms with Crippen LogP contribution in [0.25, 0.3) is 0 Å². The van der Waals surface area contributed by atoms with Crippen LogP contribution in [0.2, 0.25) is 0 Å². The van der Waals surface area contributed by atoms with E-state index in [9.17, 15) is 4.79 Å². The van der Waals surface area contributed by atoms with Gasteiger partial charge in [0.25, 0.3) is 0 Å². The molecule has 2 bridgehead atoms. The van der Waals surface area contributed by atoms with Crippen LogP contribution in [0, 0.1) is 0 Å². The van der Waals surface area contributed by atoms with E-state index in [1.807, 2.05) is 0 Å². The molecule has 0 spiro atoms. The number of ketones is 1. The summed E-state index contributed by atoms with van der Waals surface area (Å²) in [6.45, 7) is 6.20. The van der Waals surface area contributed by atoms with Gasteiger partial charge in [0.2, 0.25) is 0 Å². The molecule has 2 aliphatic rings. The lowest BCUT2D eigenvalue weighted by molar-refractivity contribution is -0.127. The van der Waals surface area contributed by atoms with Gasteiger partial charge in [0.1, 0.15) is 5.78 Å². The quantitative estimate of drug-likeness (QED) is 0.682. The number of rotatable bonds is 6. The van der Waals surface area contributed by atoms with Crippen LogP contribution in [0.15, 0.2) is 0 Å². The number of fused-ring (bicyclic) bond motifs is 2. The van der Waals surface area contributed by atoms with Crippen molar-refractivity contribution in [2.75, 3.05) is 13.2 Å². The number of ether oxygens (including phenoxy) is 1. The molecule has 2 saturated heterocycles. The SMILES string of the molecule is CC(C)OCCCCN1C2CCCC1CC(=O)C2. The molecule has 3 nitrogen and oxygen atoms in total. The van der Waals surface area contributed by atoms with Crippen LogP contribution in [0.3, 0.4) is 0 Å². The van der Waals surface area contributed by atoms with Crippen LogP contribution in [-0.2, 0) is 9.53 Å². The Hall–Kier alpha value is -0.410. The molecule has 2 atom stereocenters. The predicted octanol–water partition coefficient (Wildman–Crippen LogP) is 2.78. The van der Waals surface area contributed by atoms with Crippen molar-refractivity contribution >= 4 is 5.78 Å². The topological polar surface area (TPSA) is 29.5 Å². The molecule has 0 saturated carbocycles. The number of Topliss-reactive ketones (excluding diaryl/α,β-unsaturated/α-hetero) is 1. The van der Waals surface area contributed by atoms with E-state index in [1.54, 1.807) is 0 Å². The van der Waals surface area contributed by atoms with Gasteiger partial charge in [-0.1, -0.05) is 6.42 Å². The third-order valence-corrected chi connectivity index (χ3v) is 4.20. The van der Waals surface area contributed by atoms with Crippen molar-refractivity contribution in [3.8, 4) is 0 Å². The number of unbranched alkanes of at least 4 members (excludes halogenated alkanes) is 1. The van der Waals surface area contributed by atoms with Crippen molar-refractivity contribution < 1.29 is 9.53 Å². The minimum atomic E-state index is 0.344. The highest BCUT2D eigenvalue weighted by Gasteiger charge is 2.36. The van der Waals surface area contributed by atoms with E-state index in [0.29, 0.717) is 24.0 Å². The maximum absolute atomic E-state index is 11.6. The molecular formula is C15H27NO2. The first kappa shape index (κ1) is 14.0. The fraction of sp³-hybridized carbons (Fsp3) is 0.933. The van der Waals surface area contributed by atoms with Gasteiger partial charge in [0, 0.05) is 31.5 Å². The molecule has 2 rings (SSSR count). The smallest absolute Gasteiger partial charge is 0.136 e. The number of nitrogens with zero attached hydrogens (tertiary/aromatic N) is 1. The largest absolute Gasteiger partial charge is 0.379 e. The second-order valence-corrected chi connectivity index (χ2v) is 6.05. The lowest BCUT2D eigenvalue weighted by Gasteiger charge is -2.45. The molecule has 0 aromatic carbocycles. The average molecular weight is 253 g/mol. The van der Waals surface area contributed by atoms with Gasteiger partial charge < -0.3 is 4.74 Å². The van der Waals surface area contributed by atoms with Crippen molar-refractivity contribution in [3.63, 3.8) is 0 Å². The zero-order valence-corrected chi connectivity index (χ0v) is 11.9. The molecule has 2 unspecified atom stereocenters. The highest BCUT2D eigenvalue weighted by molar-refractivity contribution is 5.80. The number of hydrogen-bond acceptors (Lipinski definition) is 3. The molecule has 0 aromatic heterocycles. The van der Waals surface area contributed by atoms with Crippen LogP contribution in [0.4, 0.5) is 0 Å². The van der Waals surface area contributed by atoms with E-state index >= 15 is 0 Å². The summed E-state index contributed by atoms with van der Waals surface area (Å²) in [5.41, 5.74) is 0. The molecule has 0 aromatic rings. The predicted molar refractivity (Wildman–Crippen MR) is 72.7 cm³/mol. The van der Waals surface area contributed by atoms with Gasteiger partial charge in [-0.3, -0.25) is 9.69 Å². The average Bonchev–Trinajstić information content (AvgIpc) is 2.28. The summed E-state index contributed by atoms with van der Waals surface area (Å²) in [5.74, 6) is 0.490. The Bertz CT molecular complexity index is 262. The van der Waals surface area contributed by atoms with Crippen LogP contribution >= 0.6 is 0 Å². The maximum Gasteiger partial charge on any atom is 0.136 e. The molecule has 0 amide bonds. The second kappa shape index (κ2) is 6.67. The highest BCUT2D eigenvalue weighted by Crippen LogP contribution is 2.32. The van der Waals surface area contributed by atoms with E-state index in [1.165, 1.54) is 25.7 Å². The van der Waals surface area contributed by atoms with Gasteiger partial charge in [-0.25, -0.2) is 0 Å². The summed E-state index contributed by atoms with van der Waals surface area (Å²) in [5, 5.41) is 0. The summed E-state index contributed by atoms with van der Waals surface area (Å²) in [7, 11) is 0. The minimum absolute atomic E-state index is 0.344. The highest BCUT2D eigenvalue weighted by atomic mass is 16.5. The Kier molecular flexibility index (Phi) is 5.19. The molecular weight excluding hydrogens is 226 g/mol. The van der Waals surface area contributed by atoms with E-state index in [-0.39, 0.29) is 0 Å². The van der Waals surface area contributed by atoms with E-state index < -0.39 is 0 Å². The third-order valence-electron chi connectivity index (χ3n) is 4.20. The first-order valence-corrected chi connectivity index (χ1v) is 7.56. The van der Waals surface area contributed by atoms with Crippen molar-refractivity contribution in [1.29, 1.82) is 0 Å². The molecule has 18 heavy (non-hydrogen) atoms. The molecule has 104 valence electrons. The van der Waals surface area contributed by atoms with Crippen molar-refractivity contribution in [3.05, 3.63) is 0 Å². The first-order chi connectivity index (χ1) is 8.66. The van der Waals surface area contributed by atoms with Gasteiger partial charge in [0.15, 0.2) is 0 Å². The van der Waals surface area contributed by atoms with Gasteiger partial charge in [-0.2, -0.15) is 0 Å². The molecule has 0 N–H and O–H groups in total. The molecule has 3 heteroatoms. The van der Waals surface area contributed by atoms with Crippen LogP contribution in [0.5, 0.6) is 0 Å². The Morgan fingerprint density at radius 3 is 2.50 bits per heavy atom. The lowest BCUT2D eigenvalue weighted by Crippen LogP contribution is -2.52. The third kappa shape index (κ3) is 3.79.